The molecule has 0 bridgehead atoms. The van der Waals surface area contributed by atoms with Crippen molar-refractivity contribution in [1.29, 1.82) is 0 Å². The number of carbonyl (C=O) groups is 1. The second kappa shape index (κ2) is 5.51. The number of hydrogen-bond acceptors (Lipinski definition) is 2. The molecule has 0 saturated carbocycles. The normalized spacial score (nSPS) is 12.2. The Hall–Kier alpha value is -1.35. The van der Waals surface area contributed by atoms with E-state index in [-0.39, 0.29) is 5.91 Å². The van der Waals surface area contributed by atoms with Crippen molar-refractivity contribution in [2.45, 2.75) is 32.7 Å². The van der Waals surface area contributed by atoms with Crippen LogP contribution in [-0.2, 0) is 4.79 Å². The summed E-state index contributed by atoms with van der Waals surface area (Å²) in [5.74, 6) is -0.105. The van der Waals surface area contributed by atoms with Gasteiger partial charge in [-0.3, -0.25) is 4.79 Å². The van der Waals surface area contributed by atoms with Crippen molar-refractivity contribution in [2.75, 3.05) is 5.32 Å². The molecule has 3 nitrogen and oxygen atoms in total. The Balaban J connectivity index is 2.62. The Labute approximate surface area is 90.7 Å². The van der Waals surface area contributed by atoms with Gasteiger partial charge in [0.2, 0.25) is 5.91 Å². The molecule has 1 amide bonds. The molecule has 0 heterocycles. The molecule has 0 unspecified atom stereocenters. The zero-order chi connectivity index (χ0) is 11.3. The monoisotopic (exact) mass is 206 g/mol. The first-order chi connectivity index (χ1) is 7.15. The third-order valence-corrected chi connectivity index (χ3v) is 2.34. The van der Waals surface area contributed by atoms with Gasteiger partial charge in [-0.25, -0.2) is 0 Å². The Bertz CT molecular complexity index is 336. The van der Waals surface area contributed by atoms with E-state index in [4.69, 9.17) is 5.73 Å². The van der Waals surface area contributed by atoms with Crippen LogP contribution in [-0.4, -0.2) is 11.9 Å². The lowest BCUT2D eigenvalue weighted by molar-refractivity contribution is -0.117. The summed E-state index contributed by atoms with van der Waals surface area (Å²) in [7, 11) is 0. The van der Waals surface area contributed by atoms with Crippen LogP contribution < -0.4 is 11.1 Å². The van der Waals surface area contributed by atoms with Gasteiger partial charge >= 0.3 is 0 Å². The SMILES string of the molecule is CCC[C@@H](N)C(=O)Nc1ccccc1C. The van der Waals surface area contributed by atoms with Crippen LogP contribution in [0.3, 0.4) is 0 Å². The Morgan fingerprint density at radius 1 is 1.47 bits per heavy atom. The fourth-order valence-electron chi connectivity index (χ4n) is 1.38. The van der Waals surface area contributed by atoms with Gasteiger partial charge in [-0.05, 0) is 25.0 Å². The van der Waals surface area contributed by atoms with Crippen LogP contribution in [0.2, 0.25) is 0 Å². The van der Waals surface area contributed by atoms with E-state index in [2.05, 4.69) is 5.32 Å². The number of rotatable bonds is 4. The van der Waals surface area contributed by atoms with Crippen LogP contribution in [0.1, 0.15) is 25.3 Å². The average molecular weight is 206 g/mol. The molecule has 3 N–H and O–H groups in total. The van der Waals surface area contributed by atoms with Crippen LogP contribution in [0.25, 0.3) is 0 Å². The van der Waals surface area contributed by atoms with E-state index in [0.717, 1.165) is 24.1 Å². The topological polar surface area (TPSA) is 55.1 Å². The summed E-state index contributed by atoms with van der Waals surface area (Å²) in [6.07, 6.45) is 1.64. The molecule has 3 heteroatoms. The molecule has 15 heavy (non-hydrogen) atoms. The van der Waals surface area contributed by atoms with E-state index < -0.39 is 6.04 Å². The summed E-state index contributed by atoms with van der Waals surface area (Å²) in [6, 6.07) is 7.27. The molecule has 1 rings (SSSR count). The minimum atomic E-state index is -0.408. The molecule has 0 aliphatic rings. The van der Waals surface area contributed by atoms with Crippen molar-refractivity contribution >= 4 is 11.6 Å². The third kappa shape index (κ3) is 3.36. The maximum Gasteiger partial charge on any atom is 0.241 e. The number of hydrogen-bond donors (Lipinski definition) is 2. The first-order valence-electron chi connectivity index (χ1n) is 5.27. The van der Waals surface area contributed by atoms with Crippen molar-refractivity contribution in [3.8, 4) is 0 Å². The first-order valence-corrected chi connectivity index (χ1v) is 5.27. The number of anilines is 1. The second-order valence-electron chi connectivity index (χ2n) is 3.70. The maximum atomic E-state index is 11.6. The number of nitrogens with two attached hydrogens (primary N) is 1. The molecule has 0 aromatic heterocycles. The second-order valence-corrected chi connectivity index (χ2v) is 3.70. The summed E-state index contributed by atoms with van der Waals surface area (Å²) in [5, 5.41) is 2.83. The van der Waals surface area contributed by atoms with Crippen LogP contribution in [0.5, 0.6) is 0 Å². The minimum absolute atomic E-state index is 0.105. The molecular weight excluding hydrogens is 188 g/mol. The Kier molecular flexibility index (Phi) is 4.31. The predicted octanol–water partition coefficient (Wildman–Crippen LogP) is 2.06. The van der Waals surface area contributed by atoms with Crippen molar-refractivity contribution in [1.82, 2.24) is 0 Å². The van der Waals surface area contributed by atoms with Gasteiger partial charge in [0.15, 0.2) is 0 Å². The summed E-state index contributed by atoms with van der Waals surface area (Å²) in [4.78, 5) is 11.6. The molecular formula is C12H18N2O. The fraction of sp³-hybridized carbons (Fsp3) is 0.417. The molecule has 0 fully saturated rings. The predicted molar refractivity (Wildman–Crippen MR) is 62.7 cm³/mol. The molecule has 0 spiro atoms. The Morgan fingerprint density at radius 3 is 2.73 bits per heavy atom. The van der Waals surface area contributed by atoms with Crippen molar-refractivity contribution in [3.63, 3.8) is 0 Å². The van der Waals surface area contributed by atoms with Crippen LogP contribution in [0.15, 0.2) is 24.3 Å². The number of amides is 1. The van der Waals surface area contributed by atoms with E-state index in [1.165, 1.54) is 0 Å². The summed E-state index contributed by atoms with van der Waals surface area (Å²) in [5.41, 5.74) is 7.61. The van der Waals surface area contributed by atoms with Crippen LogP contribution in [0.4, 0.5) is 5.69 Å². The molecule has 1 atom stereocenters. The lowest BCUT2D eigenvalue weighted by Crippen LogP contribution is -2.35. The Morgan fingerprint density at radius 2 is 2.13 bits per heavy atom. The summed E-state index contributed by atoms with van der Waals surface area (Å²) in [6.45, 7) is 3.97. The molecule has 1 aromatic carbocycles. The number of nitrogens with one attached hydrogen (secondary N) is 1. The average Bonchev–Trinajstić information content (AvgIpc) is 2.21. The number of benzene rings is 1. The molecule has 0 radical (unpaired) electrons. The lowest BCUT2D eigenvalue weighted by atomic mass is 10.1. The largest absolute Gasteiger partial charge is 0.324 e. The standard InChI is InChI=1S/C12H18N2O/c1-3-6-10(13)12(15)14-11-8-5-4-7-9(11)2/h4-5,7-8,10H,3,6,13H2,1-2H3,(H,14,15)/t10-/m1/s1. The number of aryl methyl sites for hydroxylation is 1. The number of para-hydroxylation sites is 1. The van der Waals surface area contributed by atoms with E-state index in [1.54, 1.807) is 0 Å². The zero-order valence-electron chi connectivity index (χ0n) is 9.29. The quantitative estimate of drug-likeness (QED) is 0.792. The molecule has 0 saturated heterocycles. The smallest absolute Gasteiger partial charge is 0.241 e. The van der Waals surface area contributed by atoms with E-state index in [9.17, 15) is 4.79 Å². The summed E-state index contributed by atoms with van der Waals surface area (Å²) >= 11 is 0. The summed E-state index contributed by atoms with van der Waals surface area (Å²) < 4.78 is 0. The molecule has 0 aliphatic carbocycles. The highest BCUT2D eigenvalue weighted by Crippen LogP contribution is 2.13. The van der Waals surface area contributed by atoms with Crippen molar-refractivity contribution in [3.05, 3.63) is 29.8 Å². The van der Waals surface area contributed by atoms with Crippen molar-refractivity contribution < 1.29 is 4.79 Å². The van der Waals surface area contributed by atoms with Crippen molar-refractivity contribution in [2.24, 2.45) is 5.73 Å². The van der Waals surface area contributed by atoms with Gasteiger partial charge in [-0.1, -0.05) is 31.5 Å². The van der Waals surface area contributed by atoms with Gasteiger partial charge in [-0.2, -0.15) is 0 Å². The maximum absolute atomic E-state index is 11.6. The highest BCUT2D eigenvalue weighted by Gasteiger charge is 2.12. The zero-order valence-corrected chi connectivity index (χ0v) is 9.29. The number of carbonyl (C=O) groups excluding carboxylic acids is 1. The van der Waals surface area contributed by atoms with Gasteiger partial charge in [0.25, 0.3) is 0 Å². The van der Waals surface area contributed by atoms with Crippen LogP contribution in [0, 0.1) is 6.92 Å². The van der Waals surface area contributed by atoms with E-state index in [0.29, 0.717) is 0 Å². The van der Waals surface area contributed by atoms with E-state index in [1.807, 2.05) is 38.1 Å². The highest BCUT2D eigenvalue weighted by molar-refractivity contribution is 5.95. The van der Waals surface area contributed by atoms with Gasteiger partial charge in [0, 0.05) is 5.69 Å². The minimum Gasteiger partial charge on any atom is -0.324 e. The molecule has 0 aliphatic heterocycles. The third-order valence-electron chi connectivity index (χ3n) is 2.34. The highest BCUT2D eigenvalue weighted by atomic mass is 16.2. The van der Waals surface area contributed by atoms with Gasteiger partial charge in [0.05, 0.1) is 6.04 Å². The fourth-order valence-corrected chi connectivity index (χ4v) is 1.38. The first kappa shape index (κ1) is 11.7. The van der Waals surface area contributed by atoms with Gasteiger partial charge in [0.1, 0.15) is 0 Å². The van der Waals surface area contributed by atoms with Gasteiger partial charge < -0.3 is 11.1 Å². The van der Waals surface area contributed by atoms with E-state index >= 15 is 0 Å². The van der Waals surface area contributed by atoms with Crippen LogP contribution >= 0.6 is 0 Å². The molecule has 82 valence electrons. The molecule has 1 aromatic rings. The van der Waals surface area contributed by atoms with Gasteiger partial charge in [-0.15, -0.1) is 0 Å². The lowest BCUT2D eigenvalue weighted by Gasteiger charge is -2.12.